The Labute approximate surface area is 113 Å². The number of aliphatic hydroxyl groups excluding tert-OH is 1. The predicted molar refractivity (Wildman–Crippen MR) is 77.9 cm³/mol. The van der Waals surface area contributed by atoms with Gasteiger partial charge in [-0.2, -0.15) is 0 Å². The van der Waals surface area contributed by atoms with Gasteiger partial charge in [0.2, 0.25) is 0 Å². The van der Waals surface area contributed by atoms with E-state index in [9.17, 15) is 5.11 Å². The Hall–Kier alpha value is -0.120. The molecule has 2 unspecified atom stereocenters. The van der Waals surface area contributed by atoms with Crippen molar-refractivity contribution < 1.29 is 5.11 Å². The lowest BCUT2D eigenvalue weighted by molar-refractivity contribution is 0.113. The standard InChI is InChI=1S/C15H32N2O/c1-4-10-16-15(13-18)9-6-7-14(15)8-12-17(3)11-5-2/h14,16,18H,4-13H2,1-3H3. The van der Waals surface area contributed by atoms with Crippen molar-refractivity contribution in [2.75, 3.05) is 33.3 Å². The quantitative estimate of drug-likeness (QED) is 0.664. The van der Waals surface area contributed by atoms with E-state index >= 15 is 0 Å². The lowest BCUT2D eigenvalue weighted by Crippen LogP contribution is -2.52. The van der Waals surface area contributed by atoms with Crippen LogP contribution in [0.2, 0.25) is 0 Å². The lowest BCUT2D eigenvalue weighted by atomic mass is 9.85. The van der Waals surface area contributed by atoms with E-state index < -0.39 is 0 Å². The van der Waals surface area contributed by atoms with Crippen molar-refractivity contribution in [1.29, 1.82) is 0 Å². The highest BCUT2D eigenvalue weighted by Gasteiger charge is 2.41. The maximum absolute atomic E-state index is 9.81. The van der Waals surface area contributed by atoms with Crippen molar-refractivity contribution in [3.63, 3.8) is 0 Å². The zero-order valence-electron chi connectivity index (χ0n) is 12.5. The van der Waals surface area contributed by atoms with Crippen molar-refractivity contribution in [2.45, 2.75) is 57.9 Å². The molecule has 0 aromatic heterocycles. The fraction of sp³-hybridized carbons (Fsp3) is 1.00. The highest BCUT2D eigenvalue weighted by molar-refractivity contribution is 4.99. The first-order chi connectivity index (χ1) is 8.68. The molecule has 0 amide bonds. The molecular formula is C15H32N2O. The molecule has 18 heavy (non-hydrogen) atoms. The van der Waals surface area contributed by atoms with Gasteiger partial charge in [0.15, 0.2) is 0 Å². The minimum atomic E-state index is 0.0169. The van der Waals surface area contributed by atoms with Gasteiger partial charge in [0.25, 0.3) is 0 Å². The lowest BCUT2D eigenvalue weighted by Gasteiger charge is -2.36. The summed E-state index contributed by atoms with van der Waals surface area (Å²) in [6.07, 6.45) is 7.26. The smallest absolute Gasteiger partial charge is 0.0616 e. The summed E-state index contributed by atoms with van der Waals surface area (Å²) in [6, 6.07) is 0. The van der Waals surface area contributed by atoms with E-state index in [-0.39, 0.29) is 5.54 Å². The third kappa shape index (κ3) is 4.22. The summed E-state index contributed by atoms with van der Waals surface area (Å²) in [5.41, 5.74) is 0.0169. The maximum atomic E-state index is 9.81. The Bertz CT molecular complexity index is 223. The molecule has 0 spiro atoms. The minimum absolute atomic E-state index is 0.0169. The van der Waals surface area contributed by atoms with Crippen LogP contribution in [0, 0.1) is 5.92 Å². The zero-order chi connectivity index (χ0) is 13.4. The first-order valence-electron chi connectivity index (χ1n) is 7.73. The Morgan fingerprint density at radius 2 is 2.06 bits per heavy atom. The molecule has 1 fully saturated rings. The van der Waals surface area contributed by atoms with Crippen LogP contribution in [0.4, 0.5) is 0 Å². The number of nitrogens with one attached hydrogen (secondary N) is 1. The molecule has 0 heterocycles. The van der Waals surface area contributed by atoms with Gasteiger partial charge in [0.1, 0.15) is 0 Å². The van der Waals surface area contributed by atoms with Crippen LogP contribution in [-0.2, 0) is 0 Å². The molecule has 1 aliphatic carbocycles. The first-order valence-corrected chi connectivity index (χ1v) is 7.73. The van der Waals surface area contributed by atoms with Crippen LogP contribution < -0.4 is 5.32 Å². The highest BCUT2D eigenvalue weighted by Crippen LogP contribution is 2.37. The normalized spacial score (nSPS) is 28.2. The van der Waals surface area contributed by atoms with E-state index in [1.54, 1.807) is 0 Å². The summed E-state index contributed by atoms with van der Waals surface area (Å²) in [5, 5.41) is 13.4. The molecule has 3 nitrogen and oxygen atoms in total. The minimum Gasteiger partial charge on any atom is -0.394 e. The molecular weight excluding hydrogens is 224 g/mol. The van der Waals surface area contributed by atoms with Crippen molar-refractivity contribution in [3.05, 3.63) is 0 Å². The molecule has 0 radical (unpaired) electrons. The SMILES string of the molecule is CCCNC1(CO)CCCC1CCN(C)CCC. The molecule has 1 rings (SSSR count). The number of hydrogen-bond donors (Lipinski definition) is 2. The van der Waals surface area contributed by atoms with Crippen LogP contribution in [0.5, 0.6) is 0 Å². The van der Waals surface area contributed by atoms with Crippen molar-refractivity contribution in [3.8, 4) is 0 Å². The fourth-order valence-corrected chi connectivity index (χ4v) is 3.31. The summed E-state index contributed by atoms with van der Waals surface area (Å²) >= 11 is 0. The topological polar surface area (TPSA) is 35.5 Å². The summed E-state index contributed by atoms with van der Waals surface area (Å²) in [7, 11) is 2.21. The van der Waals surface area contributed by atoms with E-state index in [0.717, 1.165) is 25.9 Å². The Morgan fingerprint density at radius 3 is 2.67 bits per heavy atom. The van der Waals surface area contributed by atoms with Gasteiger partial charge in [0, 0.05) is 5.54 Å². The number of hydrogen-bond acceptors (Lipinski definition) is 3. The number of nitrogens with zero attached hydrogens (tertiary/aromatic N) is 1. The van der Waals surface area contributed by atoms with Crippen LogP contribution in [0.25, 0.3) is 0 Å². The van der Waals surface area contributed by atoms with Crippen LogP contribution in [0.15, 0.2) is 0 Å². The molecule has 0 aliphatic heterocycles. The zero-order valence-corrected chi connectivity index (χ0v) is 12.5. The average Bonchev–Trinajstić information content (AvgIpc) is 2.78. The molecule has 1 aliphatic rings. The third-order valence-corrected chi connectivity index (χ3v) is 4.43. The van der Waals surface area contributed by atoms with Crippen molar-refractivity contribution >= 4 is 0 Å². The largest absolute Gasteiger partial charge is 0.394 e. The molecule has 0 aromatic rings. The molecule has 0 saturated heterocycles. The van der Waals surface area contributed by atoms with Crippen molar-refractivity contribution in [1.82, 2.24) is 10.2 Å². The Morgan fingerprint density at radius 1 is 1.28 bits per heavy atom. The van der Waals surface area contributed by atoms with Gasteiger partial charge in [-0.3, -0.25) is 0 Å². The summed E-state index contributed by atoms with van der Waals surface area (Å²) < 4.78 is 0. The van der Waals surface area contributed by atoms with Gasteiger partial charge in [0.05, 0.1) is 6.61 Å². The highest BCUT2D eigenvalue weighted by atomic mass is 16.3. The van der Waals surface area contributed by atoms with E-state index in [1.807, 2.05) is 0 Å². The van der Waals surface area contributed by atoms with E-state index in [0.29, 0.717) is 12.5 Å². The van der Waals surface area contributed by atoms with Crippen LogP contribution in [0.3, 0.4) is 0 Å². The van der Waals surface area contributed by atoms with E-state index in [2.05, 4.69) is 31.1 Å². The Kier molecular flexibility index (Phi) is 7.20. The second-order valence-electron chi connectivity index (χ2n) is 5.92. The van der Waals surface area contributed by atoms with E-state index in [1.165, 1.54) is 32.2 Å². The predicted octanol–water partition coefficient (Wildman–Crippen LogP) is 2.25. The summed E-state index contributed by atoms with van der Waals surface area (Å²) in [6.45, 7) is 8.09. The van der Waals surface area contributed by atoms with Gasteiger partial charge >= 0.3 is 0 Å². The van der Waals surface area contributed by atoms with E-state index in [4.69, 9.17) is 0 Å². The molecule has 108 valence electrons. The van der Waals surface area contributed by atoms with Gasteiger partial charge in [-0.25, -0.2) is 0 Å². The summed E-state index contributed by atoms with van der Waals surface area (Å²) in [4.78, 5) is 2.42. The monoisotopic (exact) mass is 256 g/mol. The van der Waals surface area contributed by atoms with Crippen LogP contribution in [0.1, 0.15) is 52.4 Å². The molecule has 2 N–H and O–H groups in total. The average molecular weight is 256 g/mol. The van der Waals surface area contributed by atoms with Gasteiger partial charge in [-0.15, -0.1) is 0 Å². The van der Waals surface area contributed by atoms with Gasteiger partial charge in [-0.1, -0.05) is 20.3 Å². The molecule has 3 heteroatoms. The van der Waals surface area contributed by atoms with Crippen LogP contribution in [-0.4, -0.2) is 48.8 Å². The third-order valence-electron chi connectivity index (χ3n) is 4.43. The summed E-state index contributed by atoms with van der Waals surface area (Å²) in [5.74, 6) is 0.647. The second-order valence-corrected chi connectivity index (χ2v) is 5.92. The number of rotatable bonds is 9. The number of aliphatic hydroxyl groups is 1. The molecule has 1 saturated carbocycles. The van der Waals surface area contributed by atoms with Gasteiger partial charge < -0.3 is 15.3 Å². The first kappa shape index (κ1) is 15.9. The Balaban J connectivity index is 2.46. The fourth-order valence-electron chi connectivity index (χ4n) is 3.31. The second kappa shape index (κ2) is 8.13. The molecule has 2 atom stereocenters. The maximum Gasteiger partial charge on any atom is 0.0616 e. The molecule has 0 aromatic carbocycles. The van der Waals surface area contributed by atoms with Gasteiger partial charge in [-0.05, 0) is 64.7 Å². The van der Waals surface area contributed by atoms with Crippen LogP contribution >= 0.6 is 0 Å². The van der Waals surface area contributed by atoms with Crippen molar-refractivity contribution in [2.24, 2.45) is 5.92 Å². The molecule has 0 bridgehead atoms.